The number of aryl methyl sites for hydroxylation is 1. The van der Waals surface area contributed by atoms with Gasteiger partial charge in [0.05, 0.1) is 6.42 Å². The molecule has 0 spiro atoms. The Morgan fingerprint density at radius 2 is 1.75 bits per heavy atom. The zero-order chi connectivity index (χ0) is 9.03. The van der Waals surface area contributed by atoms with Crippen LogP contribution in [0.1, 0.15) is 12.2 Å². The van der Waals surface area contributed by atoms with Crippen LogP contribution in [0.5, 0.6) is 0 Å². The van der Waals surface area contributed by atoms with Crippen molar-refractivity contribution < 1.29 is 13.2 Å². The Morgan fingerprint density at radius 3 is 2.25 bits per heavy atom. The highest BCUT2D eigenvalue weighted by Gasteiger charge is 2.26. The molecular formula is C6H6F3N3. The minimum atomic E-state index is -4.15. The highest BCUT2D eigenvalue weighted by molar-refractivity contribution is 4.82. The number of hydrogen-bond acceptors (Lipinski definition) is 3. The summed E-state index contributed by atoms with van der Waals surface area (Å²) in [5.41, 5.74) is 0. The molecule has 0 aliphatic heterocycles. The molecule has 0 fully saturated rings. The second-order valence-corrected chi connectivity index (χ2v) is 2.17. The first-order valence-corrected chi connectivity index (χ1v) is 3.25. The summed E-state index contributed by atoms with van der Waals surface area (Å²) < 4.78 is 35.0. The summed E-state index contributed by atoms with van der Waals surface area (Å²) >= 11 is 0. The summed E-state index contributed by atoms with van der Waals surface area (Å²) in [6.45, 7) is 0. The average Bonchev–Trinajstić information content (AvgIpc) is 2.02. The monoisotopic (exact) mass is 177 g/mol. The van der Waals surface area contributed by atoms with Gasteiger partial charge in [-0.2, -0.15) is 13.2 Å². The first kappa shape index (κ1) is 8.89. The zero-order valence-electron chi connectivity index (χ0n) is 6.04. The lowest BCUT2D eigenvalue weighted by Gasteiger charge is -2.03. The van der Waals surface area contributed by atoms with E-state index in [0.717, 1.165) is 0 Å². The van der Waals surface area contributed by atoms with E-state index in [0.29, 0.717) is 0 Å². The van der Waals surface area contributed by atoms with Crippen LogP contribution in [0.3, 0.4) is 0 Å². The molecule has 0 aromatic carbocycles. The van der Waals surface area contributed by atoms with Gasteiger partial charge in [0, 0.05) is 6.42 Å². The van der Waals surface area contributed by atoms with Crippen molar-refractivity contribution in [3.63, 3.8) is 0 Å². The molecule has 1 aromatic rings. The third-order valence-electron chi connectivity index (χ3n) is 1.18. The van der Waals surface area contributed by atoms with E-state index >= 15 is 0 Å². The van der Waals surface area contributed by atoms with E-state index in [2.05, 4.69) is 15.0 Å². The third kappa shape index (κ3) is 3.27. The number of nitrogens with zero attached hydrogens (tertiary/aromatic N) is 3. The van der Waals surface area contributed by atoms with Crippen molar-refractivity contribution in [3.8, 4) is 0 Å². The molecule has 0 atom stereocenters. The Hall–Kier alpha value is -1.20. The standard InChI is InChI=1S/C6H6F3N3/c7-6(8,9)2-1-5-11-3-10-4-12-5/h3-4H,1-2H2. The fourth-order valence-corrected chi connectivity index (χ4v) is 0.646. The fourth-order valence-electron chi connectivity index (χ4n) is 0.646. The molecule has 0 saturated heterocycles. The van der Waals surface area contributed by atoms with Crippen LogP contribution in [-0.4, -0.2) is 21.1 Å². The number of aromatic nitrogens is 3. The largest absolute Gasteiger partial charge is 0.389 e. The number of hydrogen-bond donors (Lipinski definition) is 0. The molecule has 1 rings (SSSR count). The maximum atomic E-state index is 11.7. The highest BCUT2D eigenvalue weighted by atomic mass is 19.4. The van der Waals surface area contributed by atoms with Crippen LogP contribution in [0.25, 0.3) is 0 Å². The van der Waals surface area contributed by atoms with Gasteiger partial charge in [0.2, 0.25) is 0 Å². The van der Waals surface area contributed by atoms with Gasteiger partial charge in [-0.25, -0.2) is 15.0 Å². The summed E-state index contributed by atoms with van der Waals surface area (Å²) in [6, 6.07) is 0. The van der Waals surface area contributed by atoms with Crippen LogP contribution < -0.4 is 0 Å². The van der Waals surface area contributed by atoms with Crippen molar-refractivity contribution >= 4 is 0 Å². The van der Waals surface area contributed by atoms with Gasteiger partial charge < -0.3 is 0 Å². The van der Waals surface area contributed by atoms with E-state index in [1.54, 1.807) is 0 Å². The van der Waals surface area contributed by atoms with Crippen molar-refractivity contribution in [2.24, 2.45) is 0 Å². The van der Waals surface area contributed by atoms with Gasteiger partial charge in [0.25, 0.3) is 0 Å². The molecule has 0 bridgehead atoms. The van der Waals surface area contributed by atoms with Crippen LogP contribution >= 0.6 is 0 Å². The smallest absolute Gasteiger partial charge is 0.225 e. The summed E-state index contributed by atoms with van der Waals surface area (Å²) in [6.07, 6.45) is -2.87. The first-order valence-electron chi connectivity index (χ1n) is 3.25. The summed E-state index contributed by atoms with van der Waals surface area (Å²) in [7, 11) is 0. The van der Waals surface area contributed by atoms with Crippen molar-refractivity contribution in [2.75, 3.05) is 0 Å². The fraction of sp³-hybridized carbons (Fsp3) is 0.500. The summed E-state index contributed by atoms with van der Waals surface area (Å²) in [5, 5.41) is 0. The van der Waals surface area contributed by atoms with E-state index in [1.165, 1.54) is 12.7 Å². The Balaban J connectivity index is 2.44. The predicted octanol–water partition coefficient (Wildman–Crippen LogP) is 1.37. The van der Waals surface area contributed by atoms with Crippen molar-refractivity contribution in [2.45, 2.75) is 19.0 Å². The Kier molecular flexibility index (Phi) is 2.57. The lowest BCUT2D eigenvalue weighted by atomic mass is 10.3. The van der Waals surface area contributed by atoms with E-state index in [-0.39, 0.29) is 12.2 Å². The summed E-state index contributed by atoms with van der Waals surface area (Å²) in [5.74, 6) is 0.169. The van der Waals surface area contributed by atoms with Crippen LogP contribution in [0, 0.1) is 0 Å². The second-order valence-electron chi connectivity index (χ2n) is 2.17. The minimum absolute atomic E-state index is 0.169. The molecule has 1 aromatic heterocycles. The van der Waals surface area contributed by atoms with Gasteiger partial charge in [0.1, 0.15) is 18.5 Å². The number of alkyl halides is 3. The van der Waals surface area contributed by atoms with Crippen LogP contribution in [0.15, 0.2) is 12.7 Å². The highest BCUT2D eigenvalue weighted by Crippen LogP contribution is 2.20. The van der Waals surface area contributed by atoms with Crippen LogP contribution in [0.2, 0.25) is 0 Å². The van der Waals surface area contributed by atoms with Crippen molar-refractivity contribution in [1.29, 1.82) is 0 Å². The molecule has 0 aliphatic carbocycles. The molecule has 0 amide bonds. The molecule has 0 radical (unpaired) electrons. The molecule has 3 nitrogen and oxygen atoms in total. The van der Waals surface area contributed by atoms with Gasteiger partial charge in [-0.1, -0.05) is 0 Å². The average molecular weight is 177 g/mol. The van der Waals surface area contributed by atoms with Gasteiger partial charge in [-0.15, -0.1) is 0 Å². The van der Waals surface area contributed by atoms with E-state index in [9.17, 15) is 13.2 Å². The van der Waals surface area contributed by atoms with Crippen LogP contribution in [0.4, 0.5) is 13.2 Å². The molecule has 0 saturated carbocycles. The van der Waals surface area contributed by atoms with Gasteiger partial charge in [-0.05, 0) is 0 Å². The van der Waals surface area contributed by atoms with E-state index in [1.807, 2.05) is 0 Å². The SMILES string of the molecule is FC(F)(F)CCc1ncncn1. The topological polar surface area (TPSA) is 38.7 Å². The number of rotatable bonds is 2. The maximum absolute atomic E-state index is 11.7. The molecule has 66 valence electrons. The first-order chi connectivity index (χ1) is 5.58. The van der Waals surface area contributed by atoms with Crippen LogP contribution in [-0.2, 0) is 6.42 Å². The predicted molar refractivity (Wildman–Crippen MR) is 34.2 cm³/mol. The maximum Gasteiger partial charge on any atom is 0.389 e. The van der Waals surface area contributed by atoms with Crippen molar-refractivity contribution in [3.05, 3.63) is 18.5 Å². The second kappa shape index (κ2) is 3.46. The lowest BCUT2D eigenvalue weighted by Crippen LogP contribution is -2.10. The molecule has 1 heterocycles. The van der Waals surface area contributed by atoms with Gasteiger partial charge in [0.15, 0.2) is 0 Å². The van der Waals surface area contributed by atoms with Crippen molar-refractivity contribution in [1.82, 2.24) is 15.0 Å². The van der Waals surface area contributed by atoms with Gasteiger partial charge in [-0.3, -0.25) is 0 Å². The Morgan fingerprint density at radius 1 is 1.17 bits per heavy atom. The normalized spacial score (nSPS) is 11.6. The molecule has 0 N–H and O–H groups in total. The molecule has 0 aliphatic rings. The van der Waals surface area contributed by atoms with E-state index < -0.39 is 12.6 Å². The van der Waals surface area contributed by atoms with Gasteiger partial charge >= 0.3 is 6.18 Å². The Labute approximate surface area is 66.7 Å². The third-order valence-corrected chi connectivity index (χ3v) is 1.18. The molecule has 0 unspecified atom stereocenters. The molecular weight excluding hydrogens is 171 g/mol. The summed E-state index contributed by atoms with van der Waals surface area (Å²) in [4.78, 5) is 10.6. The zero-order valence-corrected chi connectivity index (χ0v) is 6.04. The minimum Gasteiger partial charge on any atom is -0.225 e. The molecule has 6 heteroatoms. The quantitative estimate of drug-likeness (QED) is 0.684. The van der Waals surface area contributed by atoms with E-state index in [4.69, 9.17) is 0 Å². The molecule has 12 heavy (non-hydrogen) atoms. The Bertz CT molecular complexity index is 234. The number of halogens is 3. The lowest BCUT2D eigenvalue weighted by molar-refractivity contribution is -0.134.